The first kappa shape index (κ1) is 22.2. The predicted octanol–water partition coefficient (Wildman–Crippen LogP) is 1.35. The smallest absolute Gasteiger partial charge is 0.328 e. The first-order chi connectivity index (χ1) is 13.3. The van der Waals surface area contributed by atoms with Crippen molar-refractivity contribution in [3.05, 3.63) is 11.8 Å². The highest BCUT2D eigenvalue weighted by molar-refractivity contribution is 5.89. The summed E-state index contributed by atoms with van der Waals surface area (Å²) in [6.45, 7) is 8.51. The number of amides is 1. The lowest BCUT2D eigenvalue weighted by Gasteiger charge is -2.27. The maximum atomic E-state index is 13.2. The molecule has 9 nitrogen and oxygen atoms in total. The molecule has 1 N–H and O–H groups in total. The number of esters is 1. The van der Waals surface area contributed by atoms with Crippen LogP contribution in [-0.2, 0) is 19.1 Å². The van der Waals surface area contributed by atoms with E-state index in [0.717, 1.165) is 0 Å². The number of methoxy groups -OCH3 is 1. The number of hydrogen-bond donors (Lipinski definition) is 1. The van der Waals surface area contributed by atoms with Gasteiger partial charge >= 0.3 is 5.97 Å². The quantitative estimate of drug-likeness (QED) is 0.621. The van der Waals surface area contributed by atoms with Crippen molar-refractivity contribution in [3.63, 3.8) is 0 Å². The van der Waals surface area contributed by atoms with Gasteiger partial charge in [-0.05, 0) is 24.9 Å². The highest BCUT2D eigenvalue weighted by atomic mass is 16.6. The Labute approximate surface area is 164 Å². The van der Waals surface area contributed by atoms with Crippen LogP contribution in [0.1, 0.15) is 45.8 Å². The molecule has 0 saturated carbocycles. The summed E-state index contributed by atoms with van der Waals surface area (Å²) in [5.41, 5.74) is 0. The largest absolute Gasteiger partial charge is 0.473 e. The second-order valence-electron chi connectivity index (χ2n) is 7.29. The lowest BCUT2D eigenvalue weighted by Crippen LogP contribution is -2.44. The highest BCUT2D eigenvalue weighted by Gasteiger charge is 2.43. The molecule has 28 heavy (non-hydrogen) atoms. The minimum absolute atomic E-state index is 0.0746. The molecule has 1 fully saturated rings. The van der Waals surface area contributed by atoms with E-state index in [9.17, 15) is 14.7 Å². The zero-order valence-corrected chi connectivity index (χ0v) is 17.1. The van der Waals surface area contributed by atoms with E-state index in [4.69, 9.17) is 18.7 Å². The summed E-state index contributed by atoms with van der Waals surface area (Å²) in [6, 6.07) is 0.778. The SMILES string of the molecule is CCOC(C)COc1cc([C@H](C(=O)N2C[C@H](O)C[C@H]2C(=O)OC)C(C)C)on1. The number of carbonyl (C=O) groups excluding carboxylic acids is 2. The summed E-state index contributed by atoms with van der Waals surface area (Å²) in [5.74, 6) is -1.01. The molecular formula is C19H30N2O7. The van der Waals surface area contributed by atoms with E-state index >= 15 is 0 Å². The van der Waals surface area contributed by atoms with E-state index < -0.39 is 24.0 Å². The van der Waals surface area contributed by atoms with Gasteiger partial charge in [-0.25, -0.2) is 4.79 Å². The highest BCUT2D eigenvalue weighted by Crippen LogP contribution is 2.32. The van der Waals surface area contributed by atoms with Crippen molar-refractivity contribution in [2.75, 3.05) is 26.9 Å². The molecule has 0 radical (unpaired) electrons. The van der Waals surface area contributed by atoms with E-state index in [-0.39, 0.29) is 36.8 Å². The fourth-order valence-corrected chi connectivity index (χ4v) is 3.35. The van der Waals surface area contributed by atoms with Crippen LogP contribution in [0.3, 0.4) is 0 Å². The van der Waals surface area contributed by atoms with Crippen LogP contribution >= 0.6 is 0 Å². The van der Waals surface area contributed by atoms with Crippen molar-refractivity contribution in [2.24, 2.45) is 5.92 Å². The fraction of sp³-hybridized carbons (Fsp3) is 0.737. The molecule has 1 aromatic heterocycles. The lowest BCUT2D eigenvalue weighted by molar-refractivity contribution is -0.152. The second kappa shape index (κ2) is 9.88. The number of aliphatic hydroxyl groups excluding tert-OH is 1. The van der Waals surface area contributed by atoms with Crippen LogP contribution in [0.5, 0.6) is 5.88 Å². The Morgan fingerprint density at radius 2 is 2.11 bits per heavy atom. The molecule has 158 valence electrons. The Kier molecular flexibility index (Phi) is 7.82. The molecule has 0 bridgehead atoms. The molecule has 2 heterocycles. The minimum atomic E-state index is -0.806. The Morgan fingerprint density at radius 1 is 1.39 bits per heavy atom. The van der Waals surface area contributed by atoms with Crippen molar-refractivity contribution in [3.8, 4) is 5.88 Å². The molecule has 0 aliphatic carbocycles. The van der Waals surface area contributed by atoms with Gasteiger partial charge in [0.1, 0.15) is 18.6 Å². The zero-order valence-electron chi connectivity index (χ0n) is 17.1. The van der Waals surface area contributed by atoms with E-state index in [1.807, 2.05) is 27.7 Å². The Morgan fingerprint density at radius 3 is 2.71 bits per heavy atom. The molecule has 1 amide bonds. The van der Waals surface area contributed by atoms with E-state index in [1.165, 1.54) is 12.0 Å². The molecule has 0 spiro atoms. The van der Waals surface area contributed by atoms with Crippen molar-refractivity contribution in [1.29, 1.82) is 0 Å². The Hall–Kier alpha value is -2.13. The standard InChI is InChI=1S/C19H30N2O7/c1-6-26-12(4)10-27-16-8-15(28-20-16)17(11(2)3)18(23)21-9-13(22)7-14(21)19(24)25-5/h8,11-14,17,22H,6-7,9-10H2,1-5H3/t12?,13-,14+,17-/m1/s1. The van der Waals surface area contributed by atoms with Gasteiger partial charge in [0, 0.05) is 25.6 Å². The van der Waals surface area contributed by atoms with Gasteiger partial charge in [0.25, 0.3) is 5.88 Å². The van der Waals surface area contributed by atoms with Gasteiger partial charge in [-0.15, -0.1) is 0 Å². The van der Waals surface area contributed by atoms with Crippen molar-refractivity contribution < 1.29 is 33.4 Å². The number of β-amino-alcohol motifs (C(OH)–C–C–N with tert-alkyl or cyclic N) is 1. The minimum Gasteiger partial charge on any atom is -0.473 e. The topological polar surface area (TPSA) is 111 Å². The second-order valence-corrected chi connectivity index (χ2v) is 7.29. The first-order valence-corrected chi connectivity index (χ1v) is 9.55. The van der Waals surface area contributed by atoms with Crippen LogP contribution < -0.4 is 4.74 Å². The molecule has 1 aromatic rings. The van der Waals surface area contributed by atoms with Gasteiger partial charge in [0.15, 0.2) is 5.76 Å². The molecule has 1 aliphatic rings. The van der Waals surface area contributed by atoms with Crippen LogP contribution in [0.15, 0.2) is 10.6 Å². The summed E-state index contributed by atoms with van der Waals surface area (Å²) < 4.78 is 21.1. The Bertz CT molecular complexity index is 660. The summed E-state index contributed by atoms with van der Waals surface area (Å²) in [5, 5.41) is 13.8. The summed E-state index contributed by atoms with van der Waals surface area (Å²) in [7, 11) is 1.26. The number of carbonyl (C=O) groups is 2. The number of nitrogens with zero attached hydrogens (tertiary/aromatic N) is 2. The van der Waals surface area contributed by atoms with Gasteiger partial charge in [0.05, 0.1) is 19.3 Å². The zero-order chi connectivity index (χ0) is 20.8. The van der Waals surface area contributed by atoms with Gasteiger partial charge in [-0.1, -0.05) is 13.8 Å². The number of aliphatic hydroxyl groups is 1. The molecule has 9 heteroatoms. The number of rotatable bonds is 9. The van der Waals surface area contributed by atoms with E-state index in [1.54, 1.807) is 6.07 Å². The van der Waals surface area contributed by atoms with Gasteiger partial charge in [0.2, 0.25) is 5.91 Å². The van der Waals surface area contributed by atoms with E-state index in [2.05, 4.69) is 5.16 Å². The van der Waals surface area contributed by atoms with Crippen LogP contribution in [0.2, 0.25) is 0 Å². The third kappa shape index (κ3) is 5.23. The van der Waals surface area contributed by atoms with Gasteiger partial charge < -0.3 is 28.7 Å². The third-order valence-electron chi connectivity index (χ3n) is 4.70. The Balaban J connectivity index is 2.14. The molecule has 1 aliphatic heterocycles. The number of hydrogen-bond acceptors (Lipinski definition) is 8. The van der Waals surface area contributed by atoms with Crippen molar-refractivity contribution >= 4 is 11.9 Å². The molecule has 0 aromatic carbocycles. The lowest BCUT2D eigenvalue weighted by atomic mass is 9.91. The molecule has 4 atom stereocenters. The fourth-order valence-electron chi connectivity index (χ4n) is 3.35. The molecule has 1 unspecified atom stereocenters. The maximum Gasteiger partial charge on any atom is 0.328 e. The molecule has 1 saturated heterocycles. The average Bonchev–Trinajstić information content (AvgIpc) is 3.26. The molecular weight excluding hydrogens is 368 g/mol. The average molecular weight is 398 g/mol. The summed E-state index contributed by atoms with van der Waals surface area (Å²) in [4.78, 5) is 26.6. The van der Waals surface area contributed by atoms with E-state index in [0.29, 0.717) is 19.0 Å². The summed E-state index contributed by atoms with van der Waals surface area (Å²) >= 11 is 0. The van der Waals surface area contributed by atoms with Gasteiger partial charge in [-0.2, -0.15) is 0 Å². The van der Waals surface area contributed by atoms with Crippen LogP contribution in [0, 0.1) is 5.92 Å². The maximum absolute atomic E-state index is 13.2. The number of likely N-dealkylation sites (tertiary alicyclic amines) is 1. The van der Waals surface area contributed by atoms with Gasteiger partial charge in [-0.3, -0.25) is 4.79 Å². The van der Waals surface area contributed by atoms with Crippen molar-refractivity contribution in [2.45, 2.75) is 58.3 Å². The molecule has 2 rings (SSSR count). The number of aromatic nitrogens is 1. The predicted molar refractivity (Wildman–Crippen MR) is 98.8 cm³/mol. The van der Waals surface area contributed by atoms with Crippen LogP contribution in [-0.4, -0.2) is 72.2 Å². The van der Waals surface area contributed by atoms with Crippen LogP contribution in [0.4, 0.5) is 0 Å². The van der Waals surface area contributed by atoms with Crippen LogP contribution in [0.25, 0.3) is 0 Å². The van der Waals surface area contributed by atoms with Crippen molar-refractivity contribution in [1.82, 2.24) is 10.1 Å². The normalized spacial score (nSPS) is 21.6. The number of ether oxygens (including phenoxy) is 3. The summed E-state index contributed by atoms with van der Waals surface area (Å²) in [6.07, 6.45) is -0.710. The first-order valence-electron chi connectivity index (χ1n) is 9.55. The third-order valence-corrected chi connectivity index (χ3v) is 4.70. The monoisotopic (exact) mass is 398 g/mol.